The predicted molar refractivity (Wildman–Crippen MR) is 72.2 cm³/mol. The van der Waals surface area contributed by atoms with E-state index in [0.29, 0.717) is 6.04 Å². The molecule has 4 heteroatoms. The highest BCUT2D eigenvalue weighted by Gasteiger charge is 2.18. The molecule has 1 aromatic carbocycles. The van der Waals surface area contributed by atoms with Crippen molar-refractivity contribution in [3.8, 4) is 11.3 Å². The van der Waals surface area contributed by atoms with Gasteiger partial charge in [0.15, 0.2) is 0 Å². The zero-order valence-corrected chi connectivity index (χ0v) is 10.0. The number of benzene rings is 1. The van der Waals surface area contributed by atoms with Gasteiger partial charge < -0.3 is 10.3 Å². The van der Waals surface area contributed by atoms with Crippen molar-refractivity contribution in [1.29, 1.82) is 0 Å². The van der Waals surface area contributed by atoms with Crippen molar-refractivity contribution in [2.45, 2.75) is 18.9 Å². The number of hydrogen-bond donors (Lipinski definition) is 2. The fourth-order valence-corrected chi connectivity index (χ4v) is 2.31. The van der Waals surface area contributed by atoms with E-state index in [0.717, 1.165) is 18.1 Å². The third-order valence-electron chi connectivity index (χ3n) is 3.35. The number of nitrogens with zero attached hydrogens (tertiary/aromatic N) is 1. The summed E-state index contributed by atoms with van der Waals surface area (Å²) >= 11 is 0. The second kappa shape index (κ2) is 4.38. The molecule has 0 spiro atoms. The standard InChI is InChI=1S/C13H16BN3/c14-10-5-3-9(4-6-10)12-8-16-13(17-12)11-2-1-7-15-11/h3-6,8,11,15H,1-2,7,14H2,(H,16,17)/t11-/m0/s1. The first-order chi connectivity index (χ1) is 8.33. The molecule has 2 N–H and O–H groups in total. The number of hydrogen-bond acceptors (Lipinski definition) is 2. The number of imidazole rings is 1. The van der Waals surface area contributed by atoms with E-state index >= 15 is 0 Å². The van der Waals surface area contributed by atoms with Gasteiger partial charge in [-0.25, -0.2) is 4.98 Å². The minimum atomic E-state index is 0.411. The van der Waals surface area contributed by atoms with E-state index < -0.39 is 0 Å². The van der Waals surface area contributed by atoms with Crippen LogP contribution >= 0.6 is 0 Å². The molecule has 86 valence electrons. The van der Waals surface area contributed by atoms with Crippen molar-refractivity contribution >= 4 is 13.3 Å². The van der Waals surface area contributed by atoms with Gasteiger partial charge in [-0.05, 0) is 24.9 Å². The molecule has 2 heterocycles. The Labute approximate surface area is 102 Å². The molecule has 3 nitrogen and oxygen atoms in total. The topological polar surface area (TPSA) is 40.7 Å². The van der Waals surface area contributed by atoms with Crippen molar-refractivity contribution in [2.24, 2.45) is 0 Å². The fourth-order valence-electron chi connectivity index (χ4n) is 2.31. The lowest BCUT2D eigenvalue weighted by molar-refractivity contribution is 0.613. The molecular formula is C13H16BN3. The minimum Gasteiger partial charge on any atom is -0.341 e. The molecule has 0 radical (unpaired) electrons. The summed E-state index contributed by atoms with van der Waals surface area (Å²) in [7, 11) is 2.10. The van der Waals surface area contributed by atoms with Gasteiger partial charge in [-0.1, -0.05) is 29.7 Å². The van der Waals surface area contributed by atoms with E-state index in [4.69, 9.17) is 0 Å². The van der Waals surface area contributed by atoms with E-state index in [-0.39, 0.29) is 0 Å². The number of aromatic amines is 1. The number of H-pyrrole nitrogens is 1. The van der Waals surface area contributed by atoms with Crippen LogP contribution in [-0.4, -0.2) is 24.4 Å². The van der Waals surface area contributed by atoms with E-state index in [1.807, 2.05) is 6.20 Å². The SMILES string of the molecule is Bc1ccc(-c2cnc([C@@H]3CCCN3)[nH]2)cc1. The van der Waals surface area contributed by atoms with Crippen LogP contribution in [0, 0.1) is 0 Å². The quantitative estimate of drug-likeness (QED) is 0.741. The minimum absolute atomic E-state index is 0.411. The van der Waals surface area contributed by atoms with Gasteiger partial charge in [0.05, 0.1) is 17.9 Å². The molecule has 3 rings (SSSR count). The van der Waals surface area contributed by atoms with Crippen LogP contribution in [0.15, 0.2) is 30.5 Å². The molecular weight excluding hydrogens is 209 g/mol. The van der Waals surface area contributed by atoms with Crippen LogP contribution in [0.2, 0.25) is 0 Å². The monoisotopic (exact) mass is 225 g/mol. The van der Waals surface area contributed by atoms with Crippen LogP contribution in [0.1, 0.15) is 24.7 Å². The fraction of sp³-hybridized carbons (Fsp3) is 0.308. The Kier molecular flexibility index (Phi) is 2.73. The number of nitrogens with one attached hydrogen (secondary N) is 2. The normalized spacial score (nSPS) is 19.6. The predicted octanol–water partition coefficient (Wildman–Crippen LogP) is 0.760. The maximum absolute atomic E-state index is 4.48. The van der Waals surface area contributed by atoms with Crippen LogP contribution < -0.4 is 10.8 Å². The molecule has 0 bridgehead atoms. The van der Waals surface area contributed by atoms with Crippen molar-refractivity contribution < 1.29 is 0 Å². The van der Waals surface area contributed by atoms with E-state index in [1.54, 1.807) is 0 Å². The summed E-state index contributed by atoms with van der Waals surface area (Å²) in [4.78, 5) is 7.90. The Morgan fingerprint density at radius 3 is 2.76 bits per heavy atom. The Bertz CT molecular complexity index is 498. The first-order valence-electron chi connectivity index (χ1n) is 6.18. The molecule has 1 aromatic heterocycles. The molecule has 1 atom stereocenters. The summed E-state index contributed by atoms with van der Waals surface area (Å²) < 4.78 is 0. The molecule has 0 unspecified atom stereocenters. The average molecular weight is 225 g/mol. The summed E-state index contributed by atoms with van der Waals surface area (Å²) in [5.41, 5.74) is 3.59. The van der Waals surface area contributed by atoms with Crippen molar-refractivity contribution in [3.63, 3.8) is 0 Å². The second-order valence-electron chi connectivity index (χ2n) is 4.70. The van der Waals surface area contributed by atoms with E-state index in [9.17, 15) is 0 Å². The summed E-state index contributed by atoms with van der Waals surface area (Å²) in [5.74, 6) is 1.07. The first kappa shape index (κ1) is 10.6. The van der Waals surface area contributed by atoms with Crippen LogP contribution in [0.25, 0.3) is 11.3 Å². The third kappa shape index (κ3) is 2.13. The van der Waals surface area contributed by atoms with Crippen LogP contribution in [0.4, 0.5) is 0 Å². The lowest BCUT2D eigenvalue weighted by Gasteiger charge is -2.05. The Hall–Kier alpha value is -1.55. The van der Waals surface area contributed by atoms with Gasteiger partial charge in [0.1, 0.15) is 13.7 Å². The van der Waals surface area contributed by atoms with Gasteiger partial charge in [-0.3, -0.25) is 0 Å². The molecule has 0 amide bonds. The van der Waals surface area contributed by atoms with Crippen molar-refractivity contribution in [1.82, 2.24) is 15.3 Å². The van der Waals surface area contributed by atoms with Crippen molar-refractivity contribution in [3.05, 3.63) is 36.3 Å². The second-order valence-corrected chi connectivity index (χ2v) is 4.70. The van der Waals surface area contributed by atoms with Gasteiger partial charge >= 0.3 is 0 Å². The molecule has 0 saturated carbocycles. The summed E-state index contributed by atoms with van der Waals surface area (Å²) in [6.45, 7) is 1.10. The van der Waals surface area contributed by atoms with Gasteiger partial charge in [0, 0.05) is 0 Å². The molecule has 2 aromatic rings. The van der Waals surface area contributed by atoms with Crippen LogP contribution in [0.3, 0.4) is 0 Å². The lowest BCUT2D eigenvalue weighted by Crippen LogP contribution is -2.14. The summed E-state index contributed by atoms with van der Waals surface area (Å²) in [5, 5.41) is 3.45. The third-order valence-corrected chi connectivity index (χ3v) is 3.35. The van der Waals surface area contributed by atoms with Gasteiger partial charge in [-0.15, -0.1) is 0 Å². The highest BCUT2D eigenvalue weighted by Crippen LogP contribution is 2.23. The molecule has 1 saturated heterocycles. The molecule has 1 fully saturated rings. The van der Waals surface area contributed by atoms with E-state index in [2.05, 4.69) is 47.4 Å². The Morgan fingerprint density at radius 1 is 1.24 bits per heavy atom. The van der Waals surface area contributed by atoms with E-state index in [1.165, 1.54) is 23.9 Å². The van der Waals surface area contributed by atoms with Crippen LogP contribution in [0.5, 0.6) is 0 Å². The Morgan fingerprint density at radius 2 is 2.06 bits per heavy atom. The zero-order chi connectivity index (χ0) is 11.7. The number of aromatic nitrogens is 2. The zero-order valence-electron chi connectivity index (χ0n) is 10.0. The van der Waals surface area contributed by atoms with Gasteiger partial charge in [0.25, 0.3) is 0 Å². The maximum Gasteiger partial charge on any atom is 0.139 e. The van der Waals surface area contributed by atoms with Crippen LogP contribution in [-0.2, 0) is 0 Å². The first-order valence-corrected chi connectivity index (χ1v) is 6.18. The smallest absolute Gasteiger partial charge is 0.139 e. The largest absolute Gasteiger partial charge is 0.341 e. The molecule has 1 aliphatic rings. The summed E-state index contributed by atoms with van der Waals surface area (Å²) in [6.07, 6.45) is 4.35. The number of rotatable bonds is 2. The highest BCUT2D eigenvalue weighted by atomic mass is 15.0. The maximum atomic E-state index is 4.48. The molecule has 1 aliphatic heterocycles. The lowest BCUT2D eigenvalue weighted by atomic mass is 9.95. The molecule has 0 aliphatic carbocycles. The average Bonchev–Trinajstić information content (AvgIpc) is 3.00. The van der Waals surface area contributed by atoms with Gasteiger partial charge in [0.2, 0.25) is 0 Å². The van der Waals surface area contributed by atoms with Crippen molar-refractivity contribution in [2.75, 3.05) is 6.54 Å². The molecule has 17 heavy (non-hydrogen) atoms. The van der Waals surface area contributed by atoms with Gasteiger partial charge in [-0.2, -0.15) is 0 Å². The Balaban J connectivity index is 1.86. The highest BCUT2D eigenvalue weighted by molar-refractivity contribution is 6.32. The summed E-state index contributed by atoms with van der Waals surface area (Å²) in [6, 6.07) is 8.94.